The van der Waals surface area contributed by atoms with Gasteiger partial charge in [-0.05, 0) is 48.2 Å². The lowest BCUT2D eigenvalue weighted by molar-refractivity contribution is -0.348. The highest BCUT2D eigenvalue weighted by Crippen LogP contribution is 2.54. The molecule has 16 heteroatoms. The molecule has 1 atom stereocenters. The van der Waals surface area contributed by atoms with Crippen molar-refractivity contribution in [3.8, 4) is 16.8 Å². The zero-order valence-electron chi connectivity index (χ0n) is 18.1. The highest BCUT2D eigenvalue weighted by atomic mass is 35.5. The Morgan fingerprint density at radius 2 is 1.51 bits per heavy atom. The molecule has 3 aromatic rings. The number of nitrogens with zero attached hydrogens (tertiary/aromatic N) is 2. The minimum Gasteiger partial charge on any atom is -0.760 e. The molecule has 1 aromatic heterocycles. The van der Waals surface area contributed by atoms with Crippen molar-refractivity contribution in [1.29, 1.82) is 0 Å². The van der Waals surface area contributed by atoms with Gasteiger partial charge in [0, 0.05) is 40.2 Å². The number of hydrogen-bond donors (Lipinski definition) is 1. The first-order chi connectivity index (χ1) is 17.1. The summed E-state index contributed by atoms with van der Waals surface area (Å²) in [7, 11) is 0. The summed E-state index contributed by atoms with van der Waals surface area (Å²) in [6, 6.07) is 5.33. The van der Waals surface area contributed by atoms with Gasteiger partial charge in [-0.2, -0.15) is 31.4 Å². The fourth-order valence-electron chi connectivity index (χ4n) is 3.45. The van der Waals surface area contributed by atoms with Gasteiger partial charge in [-0.15, -0.1) is 0 Å². The summed E-state index contributed by atoms with van der Waals surface area (Å²) in [5, 5.41) is 3.04. The SMILES string of the molecule is O=S([O-])NCCCc1cc(-c2cnn(-c3c(Cl)cc(C(F)(C(F)(F)F)C(F)(F)F)cc3Cl)c2)ccc1Cl. The summed E-state index contributed by atoms with van der Waals surface area (Å²) >= 11 is 15.7. The average molecular weight is 612 g/mol. The van der Waals surface area contributed by atoms with Crippen molar-refractivity contribution in [2.45, 2.75) is 30.9 Å². The highest BCUT2D eigenvalue weighted by Gasteiger charge is 2.73. The van der Waals surface area contributed by atoms with E-state index in [2.05, 4.69) is 9.82 Å². The molecule has 0 aliphatic heterocycles. The number of halogens is 10. The van der Waals surface area contributed by atoms with E-state index >= 15 is 0 Å². The Morgan fingerprint density at radius 3 is 2.05 bits per heavy atom. The summed E-state index contributed by atoms with van der Waals surface area (Å²) in [6.45, 7) is 0.185. The van der Waals surface area contributed by atoms with Gasteiger partial charge >= 0.3 is 18.0 Å². The van der Waals surface area contributed by atoms with Crippen molar-refractivity contribution in [1.82, 2.24) is 14.5 Å². The molecule has 1 heterocycles. The molecule has 5 nitrogen and oxygen atoms in total. The van der Waals surface area contributed by atoms with Gasteiger partial charge in [-0.3, -0.25) is 4.21 Å². The summed E-state index contributed by atoms with van der Waals surface area (Å²) in [6.07, 6.45) is -9.09. The Morgan fingerprint density at radius 1 is 0.919 bits per heavy atom. The molecular formula is C21H14Cl3F7N3O2S-. The van der Waals surface area contributed by atoms with E-state index in [4.69, 9.17) is 34.8 Å². The van der Waals surface area contributed by atoms with Gasteiger partial charge in [0.25, 0.3) is 0 Å². The molecule has 0 fully saturated rings. The number of alkyl halides is 7. The number of benzene rings is 2. The van der Waals surface area contributed by atoms with Gasteiger partial charge < -0.3 is 4.55 Å². The van der Waals surface area contributed by atoms with Crippen LogP contribution in [0.15, 0.2) is 42.7 Å². The number of nitrogens with one attached hydrogen (secondary N) is 1. The normalized spacial score (nSPS) is 13.7. The van der Waals surface area contributed by atoms with Crippen LogP contribution in [0.5, 0.6) is 0 Å². The molecule has 0 saturated carbocycles. The second-order valence-electron chi connectivity index (χ2n) is 7.65. The van der Waals surface area contributed by atoms with Gasteiger partial charge in [0.15, 0.2) is 0 Å². The second kappa shape index (κ2) is 11.1. The highest BCUT2D eigenvalue weighted by molar-refractivity contribution is 7.77. The summed E-state index contributed by atoms with van der Waals surface area (Å²) in [4.78, 5) is 0. The Balaban J connectivity index is 1.95. The zero-order valence-corrected chi connectivity index (χ0v) is 21.1. The fourth-order valence-corrected chi connectivity index (χ4v) is 4.63. The molecular weight excluding hydrogens is 598 g/mol. The predicted octanol–water partition coefficient (Wildman–Crippen LogP) is 7.11. The van der Waals surface area contributed by atoms with Crippen LogP contribution in [0.2, 0.25) is 15.1 Å². The van der Waals surface area contributed by atoms with E-state index in [-0.39, 0.29) is 24.4 Å². The number of aromatic nitrogens is 2. The van der Waals surface area contributed by atoms with Crippen molar-refractivity contribution in [2.75, 3.05) is 6.54 Å². The fraction of sp³-hybridized carbons (Fsp3) is 0.286. The number of hydrogen-bond acceptors (Lipinski definition) is 3. The molecule has 0 spiro atoms. The molecule has 0 radical (unpaired) electrons. The van der Waals surface area contributed by atoms with Crippen LogP contribution in [-0.2, 0) is 23.4 Å². The number of rotatable bonds is 8. The Hall–Kier alpha value is -1.90. The molecule has 0 aliphatic carbocycles. The summed E-state index contributed by atoms with van der Waals surface area (Å²) in [5.41, 5.74) is -6.05. The quantitative estimate of drug-likeness (QED) is 0.168. The van der Waals surface area contributed by atoms with Crippen LogP contribution in [0.25, 0.3) is 16.8 Å². The van der Waals surface area contributed by atoms with Crippen molar-refractivity contribution < 1.29 is 39.5 Å². The van der Waals surface area contributed by atoms with E-state index in [1.54, 1.807) is 18.2 Å². The van der Waals surface area contributed by atoms with Gasteiger partial charge in [0.05, 0.1) is 16.2 Å². The maximum atomic E-state index is 14.4. The molecule has 3 rings (SSSR count). The first-order valence-electron chi connectivity index (χ1n) is 10.0. The van der Waals surface area contributed by atoms with E-state index in [9.17, 15) is 39.5 Å². The minimum absolute atomic E-state index is 0.185. The van der Waals surface area contributed by atoms with E-state index < -0.39 is 44.9 Å². The molecule has 0 aliphatic rings. The lowest BCUT2D eigenvalue weighted by atomic mass is 9.94. The van der Waals surface area contributed by atoms with Gasteiger partial charge in [-0.25, -0.2) is 13.8 Å². The monoisotopic (exact) mass is 610 g/mol. The van der Waals surface area contributed by atoms with E-state index in [1.807, 2.05) is 0 Å². The topological polar surface area (TPSA) is 70.0 Å². The molecule has 2 aromatic carbocycles. The largest absolute Gasteiger partial charge is 0.760 e. The lowest BCUT2D eigenvalue weighted by Crippen LogP contribution is -2.50. The first-order valence-corrected chi connectivity index (χ1v) is 12.3. The third-order valence-electron chi connectivity index (χ3n) is 5.23. The molecule has 1 N–H and O–H groups in total. The van der Waals surface area contributed by atoms with Crippen molar-refractivity contribution >= 4 is 46.1 Å². The van der Waals surface area contributed by atoms with Crippen LogP contribution in [0.3, 0.4) is 0 Å². The van der Waals surface area contributed by atoms with E-state index in [0.29, 0.717) is 34.6 Å². The van der Waals surface area contributed by atoms with Crippen molar-refractivity contribution in [2.24, 2.45) is 0 Å². The molecule has 37 heavy (non-hydrogen) atoms. The van der Waals surface area contributed by atoms with Crippen molar-refractivity contribution in [3.63, 3.8) is 0 Å². The Bertz CT molecular complexity index is 1280. The first kappa shape index (κ1) is 29.7. The van der Waals surface area contributed by atoms with Gasteiger partial charge in [0.1, 0.15) is 5.69 Å². The van der Waals surface area contributed by atoms with E-state index in [1.165, 1.54) is 12.4 Å². The van der Waals surface area contributed by atoms with Crippen LogP contribution in [0, 0.1) is 0 Å². The standard InChI is InChI=1S/C21H15Cl3F7N3O2S/c22-15-4-3-11(6-12(15)2-1-5-33-37(35)36)13-9-32-34(10-13)18-16(23)7-14(8-17(18)24)19(25,20(26,27)28)21(29,30)31/h3-4,6-10,33H,1-2,5H2,(H,35,36)/p-1. The summed E-state index contributed by atoms with van der Waals surface area (Å²) < 4.78 is 118. The van der Waals surface area contributed by atoms with Crippen LogP contribution < -0.4 is 4.72 Å². The smallest absolute Gasteiger partial charge is 0.435 e. The Labute approximate surface area is 222 Å². The predicted molar refractivity (Wildman–Crippen MR) is 124 cm³/mol. The molecule has 0 saturated heterocycles. The van der Waals surface area contributed by atoms with E-state index in [0.717, 1.165) is 4.68 Å². The zero-order chi connectivity index (χ0) is 27.8. The van der Waals surface area contributed by atoms with Crippen LogP contribution in [-0.4, -0.2) is 37.4 Å². The molecule has 0 bridgehead atoms. The molecule has 202 valence electrons. The third-order valence-corrected chi connectivity index (χ3v) is 6.61. The van der Waals surface area contributed by atoms with Gasteiger partial charge in [-0.1, -0.05) is 40.9 Å². The maximum Gasteiger partial charge on any atom is 0.435 e. The molecule has 1 unspecified atom stereocenters. The maximum absolute atomic E-state index is 14.4. The van der Waals surface area contributed by atoms with Crippen LogP contribution in [0.1, 0.15) is 17.5 Å². The third kappa shape index (κ3) is 6.23. The van der Waals surface area contributed by atoms with Crippen molar-refractivity contribution in [3.05, 3.63) is 68.9 Å². The summed E-state index contributed by atoms with van der Waals surface area (Å²) in [5.74, 6) is 0. The Kier molecular flexibility index (Phi) is 8.87. The second-order valence-corrected chi connectivity index (χ2v) is 9.63. The van der Waals surface area contributed by atoms with Gasteiger partial charge in [0.2, 0.25) is 0 Å². The van der Waals surface area contributed by atoms with Crippen LogP contribution in [0.4, 0.5) is 30.7 Å². The average Bonchev–Trinajstić information content (AvgIpc) is 3.24. The lowest BCUT2D eigenvalue weighted by Gasteiger charge is -2.30. The molecule has 0 amide bonds. The number of aryl methyl sites for hydroxylation is 1. The minimum atomic E-state index is -6.33. The van der Waals surface area contributed by atoms with Crippen LogP contribution >= 0.6 is 34.8 Å².